The van der Waals surface area contributed by atoms with Crippen LogP contribution in [0.2, 0.25) is 0 Å². The van der Waals surface area contributed by atoms with E-state index < -0.39 is 17.1 Å². The summed E-state index contributed by atoms with van der Waals surface area (Å²) in [6, 6.07) is 0. The van der Waals surface area contributed by atoms with Gasteiger partial charge in [-0.05, 0) is 21.1 Å². The minimum atomic E-state index is -4.36. The van der Waals surface area contributed by atoms with Gasteiger partial charge in [0.15, 0.2) is 0 Å². The van der Waals surface area contributed by atoms with Crippen molar-refractivity contribution in [1.82, 2.24) is 9.80 Å². The van der Waals surface area contributed by atoms with Crippen LogP contribution >= 0.6 is 12.2 Å². The Morgan fingerprint density at radius 3 is 2.06 bits per heavy atom. The first-order chi connectivity index (χ1) is 7.14. The van der Waals surface area contributed by atoms with Gasteiger partial charge < -0.3 is 15.5 Å². The van der Waals surface area contributed by atoms with Crippen molar-refractivity contribution in [1.29, 1.82) is 0 Å². The average molecular weight is 257 g/mol. The highest BCUT2D eigenvalue weighted by Gasteiger charge is 2.42. The zero-order valence-corrected chi connectivity index (χ0v) is 10.5. The standard InChI is InChI=1S/C9H18F3N3S/c1-14(2)4-5-15(3)6-7(8(13)16)9(10,11)12/h7H,4-6H2,1-3H3,(H2,13,16). The number of halogens is 3. The predicted octanol–water partition coefficient (Wildman–Crippen LogP) is 0.944. The second kappa shape index (κ2) is 6.36. The first kappa shape index (κ1) is 15.6. The van der Waals surface area contributed by atoms with Crippen molar-refractivity contribution < 1.29 is 13.2 Å². The van der Waals surface area contributed by atoms with Gasteiger partial charge in [-0.1, -0.05) is 12.2 Å². The summed E-state index contributed by atoms with van der Waals surface area (Å²) in [4.78, 5) is 2.99. The fourth-order valence-electron chi connectivity index (χ4n) is 1.13. The summed E-state index contributed by atoms with van der Waals surface area (Å²) in [5.41, 5.74) is 5.10. The third-order valence-corrected chi connectivity index (χ3v) is 2.45. The van der Waals surface area contributed by atoms with Gasteiger partial charge in [-0.2, -0.15) is 13.2 Å². The smallest absolute Gasteiger partial charge is 0.393 e. The molecule has 0 radical (unpaired) electrons. The molecule has 1 unspecified atom stereocenters. The molecule has 0 heterocycles. The Hall–Kier alpha value is -0.400. The van der Waals surface area contributed by atoms with Crippen LogP contribution in [-0.4, -0.2) is 61.7 Å². The zero-order valence-electron chi connectivity index (χ0n) is 9.71. The fourth-order valence-corrected chi connectivity index (χ4v) is 1.34. The van der Waals surface area contributed by atoms with Gasteiger partial charge in [-0.25, -0.2) is 0 Å². The van der Waals surface area contributed by atoms with Crippen LogP contribution in [0.25, 0.3) is 0 Å². The number of nitrogens with two attached hydrogens (primary N) is 1. The van der Waals surface area contributed by atoms with Gasteiger partial charge in [-0.3, -0.25) is 0 Å². The van der Waals surface area contributed by atoms with E-state index in [9.17, 15) is 13.2 Å². The summed E-state index contributed by atoms with van der Waals surface area (Å²) in [5, 5.41) is 0. The third-order valence-electron chi connectivity index (χ3n) is 2.16. The number of thiocarbonyl (C=S) groups is 1. The van der Waals surface area contributed by atoms with E-state index in [4.69, 9.17) is 5.73 Å². The van der Waals surface area contributed by atoms with Crippen LogP contribution in [0.3, 0.4) is 0 Å². The molecule has 16 heavy (non-hydrogen) atoms. The molecule has 0 fully saturated rings. The lowest BCUT2D eigenvalue weighted by Gasteiger charge is -2.26. The number of hydrogen-bond acceptors (Lipinski definition) is 3. The predicted molar refractivity (Wildman–Crippen MR) is 62.4 cm³/mol. The van der Waals surface area contributed by atoms with Crippen LogP contribution in [0, 0.1) is 5.92 Å². The molecule has 0 saturated carbocycles. The number of hydrogen-bond donors (Lipinski definition) is 1. The molecule has 2 N–H and O–H groups in total. The van der Waals surface area contributed by atoms with Gasteiger partial charge in [0.25, 0.3) is 0 Å². The molecule has 0 aliphatic rings. The molecular weight excluding hydrogens is 239 g/mol. The third kappa shape index (κ3) is 6.24. The van der Waals surface area contributed by atoms with E-state index in [-0.39, 0.29) is 6.54 Å². The maximum Gasteiger partial charge on any atom is 0.399 e. The monoisotopic (exact) mass is 257 g/mol. The summed E-state index contributed by atoms with van der Waals surface area (Å²) in [7, 11) is 5.35. The number of nitrogens with zero attached hydrogens (tertiary/aromatic N) is 2. The molecule has 0 saturated heterocycles. The van der Waals surface area contributed by atoms with Crippen LogP contribution in [-0.2, 0) is 0 Å². The molecule has 0 amide bonds. The maximum absolute atomic E-state index is 12.5. The number of likely N-dealkylation sites (N-methyl/N-ethyl adjacent to an activating group) is 2. The Kier molecular flexibility index (Phi) is 6.20. The SMILES string of the molecule is CN(C)CCN(C)CC(C(N)=S)C(F)(F)F. The van der Waals surface area contributed by atoms with Crippen molar-refractivity contribution in [2.75, 3.05) is 40.8 Å². The molecule has 0 bridgehead atoms. The van der Waals surface area contributed by atoms with E-state index in [1.807, 2.05) is 19.0 Å². The highest BCUT2D eigenvalue weighted by molar-refractivity contribution is 7.80. The maximum atomic E-state index is 12.5. The van der Waals surface area contributed by atoms with Crippen molar-refractivity contribution in [3.05, 3.63) is 0 Å². The molecule has 3 nitrogen and oxygen atoms in total. The summed E-state index contributed by atoms with van der Waals surface area (Å²) in [6.07, 6.45) is -4.36. The Morgan fingerprint density at radius 2 is 1.75 bits per heavy atom. The Balaban J connectivity index is 4.25. The van der Waals surface area contributed by atoms with Gasteiger partial charge in [0.05, 0.1) is 4.99 Å². The van der Waals surface area contributed by atoms with Crippen LogP contribution in [0.15, 0.2) is 0 Å². The summed E-state index contributed by atoms with van der Waals surface area (Å²) >= 11 is 4.44. The molecule has 0 aromatic heterocycles. The molecule has 7 heteroatoms. The van der Waals surface area contributed by atoms with Crippen LogP contribution < -0.4 is 5.73 Å². The molecule has 1 atom stereocenters. The molecule has 0 rings (SSSR count). The lowest BCUT2D eigenvalue weighted by molar-refractivity contribution is -0.158. The lowest BCUT2D eigenvalue weighted by Crippen LogP contribution is -2.43. The molecule has 0 spiro atoms. The van der Waals surface area contributed by atoms with Crippen LogP contribution in [0.1, 0.15) is 0 Å². The van der Waals surface area contributed by atoms with Crippen molar-refractivity contribution in [3.8, 4) is 0 Å². The van der Waals surface area contributed by atoms with Crippen molar-refractivity contribution >= 4 is 17.2 Å². The summed E-state index contributed by atoms with van der Waals surface area (Å²) in [5.74, 6) is -1.73. The van der Waals surface area contributed by atoms with E-state index in [0.29, 0.717) is 13.1 Å². The average Bonchev–Trinajstić information content (AvgIpc) is 2.08. The van der Waals surface area contributed by atoms with E-state index in [1.165, 1.54) is 0 Å². The first-order valence-corrected chi connectivity index (χ1v) is 5.24. The summed E-state index contributed by atoms with van der Waals surface area (Å²) in [6.45, 7) is 1.05. The Morgan fingerprint density at radius 1 is 1.25 bits per heavy atom. The summed E-state index contributed by atoms with van der Waals surface area (Å²) < 4.78 is 37.6. The minimum Gasteiger partial charge on any atom is -0.393 e. The highest BCUT2D eigenvalue weighted by Crippen LogP contribution is 2.27. The van der Waals surface area contributed by atoms with Crippen molar-refractivity contribution in [3.63, 3.8) is 0 Å². The molecule has 0 aromatic rings. The van der Waals surface area contributed by atoms with Crippen LogP contribution in [0.5, 0.6) is 0 Å². The Bertz CT molecular complexity index is 231. The van der Waals surface area contributed by atoms with Gasteiger partial charge in [0.2, 0.25) is 0 Å². The Labute approximate surface area is 99.4 Å². The first-order valence-electron chi connectivity index (χ1n) is 4.84. The highest BCUT2D eigenvalue weighted by atomic mass is 32.1. The zero-order chi connectivity index (χ0) is 12.9. The molecular formula is C9H18F3N3S. The quantitative estimate of drug-likeness (QED) is 0.718. The number of rotatable bonds is 6. The lowest BCUT2D eigenvalue weighted by atomic mass is 10.1. The van der Waals surface area contributed by atoms with Crippen molar-refractivity contribution in [2.45, 2.75) is 6.18 Å². The molecule has 0 aliphatic heterocycles. The van der Waals surface area contributed by atoms with Gasteiger partial charge in [0, 0.05) is 19.6 Å². The minimum absolute atomic E-state index is 0.188. The van der Waals surface area contributed by atoms with Gasteiger partial charge >= 0.3 is 6.18 Å². The van der Waals surface area contributed by atoms with Gasteiger partial charge in [0.1, 0.15) is 5.92 Å². The van der Waals surface area contributed by atoms with Crippen molar-refractivity contribution in [2.24, 2.45) is 11.7 Å². The molecule has 0 aromatic carbocycles. The van der Waals surface area contributed by atoms with E-state index in [2.05, 4.69) is 12.2 Å². The van der Waals surface area contributed by atoms with Gasteiger partial charge in [-0.15, -0.1) is 0 Å². The van der Waals surface area contributed by atoms with E-state index >= 15 is 0 Å². The fraction of sp³-hybridized carbons (Fsp3) is 0.889. The van der Waals surface area contributed by atoms with E-state index in [1.54, 1.807) is 11.9 Å². The second-order valence-electron chi connectivity index (χ2n) is 4.06. The normalized spacial score (nSPS) is 14.5. The molecule has 96 valence electrons. The van der Waals surface area contributed by atoms with Crippen LogP contribution in [0.4, 0.5) is 13.2 Å². The largest absolute Gasteiger partial charge is 0.399 e. The second-order valence-corrected chi connectivity index (χ2v) is 4.53. The molecule has 0 aliphatic carbocycles. The topological polar surface area (TPSA) is 32.5 Å². The van der Waals surface area contributed by atoms with E-state index in [0.717, 1.165) is 0 Å². The number of alkyl halides is 3.